The van der Waals surface area contributed by atoms with Gasteiger partial charge in [0.2, 0.25) is 0 Å². The summed E-state index contributed by atoms with van der Waals surface area (Å²) in [4.78, 5) is 38.2. The fraction of sp³-hybridized carbons (Fsp3) is 0.579. The number of hydrogen-bond donors (Lipinski definition) is 0. The van der Waals surface area contributed by atoms with Gasteiger partial charge in [-0.05, 0) is 37.8 Å². The van der Waals surface area contributed by atoms with Gasteiger partial charge < -0.3 is 9.53 Å². The van der Waals surface area contributed by atoms with E-state index in [1.165, 1.54) is 30.7 Å². The lowest BCUT2D eigenvalue weighted by Crippen LogP contribution is -2.50. The molecule has 1 aromatic rings. The largest absolute Gasteiger partial charge is 0.416 e. The average molecular weight is 375 g/mol. The van der Waals surface area contributed by atoms with Crippen LogP contribution in [0.3, 0.4) is 0 Å². The number of rotatable bonds is 6. The van der Waals surface area contributed by atoms with E-state index in [0.717, 1.165) is 51.4 Å². The minimum Gasteiger partial charge on any atom is -0.410 e. The van der Waals surface area contributed by atoms with Gasteiger partial charge in [0, 0.05) is 24.7 Å². The average Bonchev–Trinajstić information content (AvgIpc) is 3.14. The first-order chi connectivity index (χ1) is 13.1. The molecule has 8 heteroatoms. The molecule has 0 unspecified atom stereocenters. The summed E-state index contributed by atoms with van der Waals surface area (Å²) in [6.07, 6.45) is 7.41. The molecule has 2 aliphatic rings. The fourth-order valence-electron chi connectivity index (χ4n) is 3.89. The number of aldehydes is 1. The lowest BCUT2D eigenvalue weighted by molar-refractivity contribution is -0.384. The van der Waals surface area contributed by atoms with Gasteiger partial charge >= 0.3 is 6.09 Å². The van der Waals surface area contributed by atoms with Crippen molar-refractivity contribution in [2.75, 3.05) is 13.2 Å². The van der Waals surface area contributed by atoms with Crippen LogP contribution in [0.25, 0.3) is 0 Å². The molecular weight excluding hydrogens is 350 g/mol. The van der Waals surface area contributed by atoms with Gasteiger partial charge in [-0.3, -0.25) is 19.9 Å². The molecule has 1 aliphatic heterocycles. The number of carbonyl (C=O) groups is 2. The van der Waals surface area contributed by atoms with E-state index >= 15 is 0 Å². The van der Waals surface area contributed by atoms with E-state index < -0.39 is 11.0 Å². The Bertz CT molecular complexity index is 672. The van der Waals surface area contributed by atoms with E-state index in [-0.39, 0.29) is 23.5 Å². The van der Waals surface area contributed by atoms with Crippen molar-refractivity contribution in [1.29, 1.82) is 0 Å². The third-order valence-electron chi connectivity index (χ3n) is 5.41. The maximum Gasteiger partial charge on any atom is 0.416 e. The second-order valence-electron chi connectivity index (χ2n) is 7.18. The van der Waals surface area contributed by atoms with Crippen molar-refractivity contribution < 1.29 is 19.2 Å². The summed E-state index contributed by atoms with van der Waals surface area (Å²) in [6.45, 7) is 1.16. The van der Waals surface area contributed by atoms with Crippen LogP contribution in [0, 0.1) is 10.1 Å². The van der Waals surface area contributed by atoms with E-state index in [1.807, 2.05) is 4.90 Å². The smallest absolute Gasteiger partial charge is 0.410 e. The predicted octanol–water partition coefficient (Wildman–Crippen LogP) is 3.35. The van der Waals surface area contributed by atoms with Crippen LogP contribution in [0.1, 0.15) is 44.9 Å². The van der Waals surface area contributed by atoms with E-state index in [9.17, 15) is 19.7 Å². The maximum absolute atomic E-state index is 12.9. The Hall–Kier alpha value is -2.48. The quantitative estimate of drug-likeness (QED) is 0.430. The minimum atomic E-state index is -0.493. The highest BCUT2D eigenvalue weighted by Crippen LogP contribution is 2.26. The highest BCUT2D eigenvalue weighted by atomic mass is 16.6. The molecule has 1 saturated heterocycles. The second-order valence-corrected chi connectivity index (χ2v) is 7.18. The van der Waals surface area contributed by atoms with Crippen molar-refractivity contribution in [2.45, 2.75) is 57.0 Å². The summed E-state index contributed by atoms with van der Waals surface area (Å²) in [7, 11) is 0. The molecule has 1 aliphatic carbocycles. The second kappa shape index (κ2) is 8.94. The van der Waals surface area contributed by atoms with E-state index in [1.54, 1.807) is 4.90 Å². The Kier molecular flexibility index (Phi) is 6.39. The summed E-state index contributed by atoms with van der Waals surface area (Å²) in [6, 6.07) is 5.44. The first-order valence-corrected chi connectivity index (χ1v) is 9.50. The van der Waals surface area contributed by atoms with Crippen molar-refractivity contribution in [3.8, 4) is 5.75 Å². The first-order valence-electron chi connectivity index (χ1n) is 9.50. The van der Waals surface area contributed by atoms with Crippen molar-refractivity contribution in [2.24, 2.45) is 0 Å². The molecule has 0 N–H and O–H groups in total. The van der Waals surface area contributed by atoms with Crippen molar-refractivity contribution in [1.82, 2.24) is 9.80 Å². The zero-order valence-electron chi connectivity index (χ0n) is 15.3. The van der Waals surface area contributed by atoms with Crippen LogP contribution in [0.4, 0.5) is 10.5 Å². The number of nitrogens with zero attached hydrogens (tertiary/aromatic N) is 3. The SMILES string of the molecule is O=C[C@H]1CCCN1CN(C(=O)Oc1ccc([N+](=O)[O-])cc1)C1CCCCC1. The third-order valence-corrected chi connectivity index (χ3v) is 5.41. The number of non-ortho nitro benzene ring substituents is 1. The number of carbonyl (C=O) groups excluding carboxylic acids is 2. The number of ether oxygens (including phenoxy) is 1. The molecule has 1 saturated carbocycles. The van der Waals surface area contributed by atoms with Crippen LogP contribution in [0.15, 0.2) is 24.3 Å². The summed E-state index contributed by atoms with van der Waals surface area (Å²) < 4.78 is 5.49. The van der Waals surface area contributed by atoms with Crippen LogP contribution < -0.4 is 4.74 Å². The van der Waals surface area contributed by atoms with Crippen LogP contribution in [-0.2, 0) is 4.79 Å². The molecule has 1 amide bonds. The molecule has 0 aromatic heterocycles. The summed E-state index contributed by atoms with van der Waals surface area (Å²) in [5.41, 5.74) is -0.0511. The molecule has 2 fully saturated rings. The number of nitro benzene ring substituents is 1. The van der Waals surface area contributed by atoms with Gasteiger partial charge in [0.1, 0.15) is 12.0 Å². The van der Waals surface area contributed by atoms with Crippen molar-refractivity contribution in [3.05, 3.63) is 34.4 Å². The first kappa shape index (κ1) is 19.3. The Morgan fingerprint density at radius 3 is 2.52 bits per heavy atom. The topological polar surface area (TPSA) is 93.0 Å². The van der Waals surface area contributed by atoms with Crippen molar-refractivity contribution in [3.63, 3.8) is 0 Å². The van der Waals surface area contributed by atoms with E-state index in [4.69, 9.17) is 4.74 Å². The number of benzene rings is 1. The Balaban J connectivity index is 1.71. The molecule has 0 radical (unpaired) electrons. The van der Waals surface area contributed by atoms with Gasteiger partial charge in [0.15, 0.2) is 0 Å². The molecule has 27 heavy (non-hydrogen) atoms. The highest BCUT2D eigenvalue weighted by molar-refractivity contribution is 5.71. The Morgan fingerprint density at radius 1 is 1.19 bits per heavy atom. The zero-order chi connectivity index (χ0) is 19.2. The Labute approximate surface area is 158 Å². The summed E-state index contributed by atoms with van der Waals surface area (Å²) in [5, 5.41) is 10.8. The minimum absolute atomic E-state index is 0.0511. The lowest BCUT2D eigenvalue weighted by atomic mass is 9.94. The molecule has 1 aromatic carbocycles. The molecule has 1 heterocycles. The molecule has 3 rings (SSSR count). The summed E-state index contributed by atoms with van der Waals surface area (Å²) in [5.74, 6) is 0.278. The molecule has 0 bridgehead atoms. The lowest BCUT2D eigenvalue weighted by Gasteiger charge is -2.36. The van der Waals surface area contributed by atoms with Gasteiger partial charge in [-0.15, -0.1) is 0 Å². The monoisotopic (exact) mass is 375 g/mol. The maximum atomic E-state index is 12.9. The van der Waals surface area contributed by atoms with Gasteiger partial charge in [-0.25, -0.2) is 4.79 Å². The van der Waals surface area contributed by atoms with Crippen molar-refractivity contribution >= 4 is 18.1 Å². The fourth-order valence-corrected chi connectivity index (χ4v) is 3.89. The number of amides is 1. The van der Waals surface area contributed by atoms with E-state index in [2.05, 4.69) is 0 Å². The zero-order valence-corrected chi connectivity index (χ0v) is 15.3. The predicted molar refractivity (Wildman–Crippen MR) is 98.5 cm³/mol. The van der Waals surface area contributed by atoms with E-state index in [0.29, 0.717) is 6.67 Å². The third kappa shape index (κ3) is 4.82. The molecule has 8 nitrogen and oxygen atoms in total. The molecular formula is C19H25N3O5. The highest BCUT2D eigenvalue weighted by Gasteiger charge is 2.32. The van der Waals surface area contributed by atoms with Crippen LogP contribution >= 0.6 is 0 Å². The van der Waals surface area contributed by atoms with Gasteiger partial charge in [-0.1, -0.05) is 19.3 Å². The standard InChI is InChI=1S/C19H25N3O5/c23-13-17-7-4-12-20(17)14-21(15-5-2-1-3-6-15)19(24)27-18-10-8-16(9-11-18)22(25)26/h8-11,13,15,17H,1-7,12,14H2/t17-/m1/s1. The number of likely N-dealkylation sites (tertiary alicyclic amines) is 1. The van der Waals surface area contributed by atoms with Gasteiger partial charge in [-0.2, -0.15) is 0 Å². The number of hydrogen-bond acceptors (Lipinski definition) is 6. The molecule has 146 valence electrons. The van der Waals surface area contributed by atoms with Crippen LogP contribution in [-0.4, -0.2) is 52.4 Å². The Morgan fingerprint density at radius 2 is 1.89 bits per heavy atom. The van der Waals surface area contributed by atoms with Gasteiger partial charge in [0.25, 0.3) is 5.69 Å². The summed E-state index contributed by atoms with van der Waals surface area (Å²) >= 11 is 0. The van der Waals surface area contributed by atoms with Crippen LogP contribution in [0.2, 0.25) is 0 Å². The normalized spacial score (nSPS) is 21.0. The molecule has 0 spiro atoms. The van der Waals surface area contributed by atoms with Gasteiger partial charge in [0.05, 0.1) is 17.6 Å². The van der Waals surface area contributed by atoms with Crippen LogP contribution in [0.5, 0.6) is 5.75 Å². The number of nitro groups is 1. The molecule has 1 atom stereocenters.